The highest BCUT2D eigenvalue weighted by Crippen LogP contribution is 2.43. The SMILES string of the molecule is O=c1c2c(n(O)c3ccc(Cl)cc13)CC(c1cccc(C(F)(F)F)c1)CC2CCCCCN1CCCC1. The van der Waals surface area contributed by atoms with Gasteiger partial charge in [-0.2, -0.15) is 17.9 Å². The summed E-state index contributed by atoms with van der Waals surface area (Å²) in [6.45, 7) is 3.42. The van der Waals surface area contributed by atoms with Crippen molar-refractivity contribution in [3.05, 3.63) is 80.1 Å². The Morgan fingerprint density at radius 1 is 1.03 bits per heavy atom. The largest absolute Gasteiger partial charge is 0.428 e. The lowest BCUT2D eigenvalue weighted by molar-refractivity contribution is -0.137. The molecule has 0 radical (unpaired) electrons. The minimum Gasteiger partial charge on any atom is -0.428 e. The first-order chi connectivity index (χ1) is 17.7. The predicted molar refractivity (Wildman–Crippen MR) is 140 cm³/mol. The number of halogens is 4. The average molecular weight is 533 g/mol. The summed E-state index contributed by atoms with van der Waals surface area (Å²) in [5.74, 6) is -0.378. The summed E-state index contributed by atoms with van der Waals surface area (Å²) in [6.07, 6.45) is 2.77. The first-order valence-corrected chi connectivity index (χ1v) is 13.6. The number of pyridine rings is 1. The summed E-state index contributed by atoms with van der Waals surface area (Å²) >= 11 is 6.16. The lowest BCUT2D eigenvalue weighted by atomic mass is 9.73. The van der Waals surface area contributed by atoms with Crippen LogP contribution in [0.25, 0.3) is 10.9 Å². The van der Waals surface area contributed by atoms with E-state index in [9.17, 15) is 23.2 Å². The minimum atomic E-state index is -4.42. The number of fused-ring (bicyclic) bond motifs is 2. The number of hydrogen-bond donors (Lipinski definition) is 1. The fraction of sp³-hybridized carbons (Fsp3) is 0.483. The molecule has 0 saturated carbocycles. The van der Waals surface area contributed by atoms with Crippen LogP contribution in [0.15, 0.2) is 47.3 Å². The number of likely N-dealkylation sites (tertiary alicyclic amines) is 1. The van der Waals surface area contributed by atoms with Gasteiger partial charge in [0.05, 0.1) is 22.2 Å². The van der Waals surface area contributed by atoms with Crippen molar-refractivity contribution in [3.8, 4) is 0 Å². The summed E-state index contributed by atoms with van der Waals surface area (Å²) in [4.78, 5) is 16.1. The van der Waals surface area contributed by atoms with Crippen LogP contribution in [0, 0.1) is 0 Å². The van der Waals surface area contributed by atoms with Crippen LogP contribution in [0.1, 0.15) is 79.2 Å². The highest BCUT2D eigenvalue weighted by molar-refractivity contribution is 6.31. The van der Waals surface area contributed by atoms with E-state index in [-0.39, 0.29) is 17.3 Å². The molecule has 1 aliphatic heterocycles. The molecule has 1 saturated heterocycles. The topological polar surface area (TPSA) is 45.5 Å². The van der Waals surface area contributed by atoms with Gasteiger partial charge in [0, 0.05) is 10.6 Å². The van der Waals surface area contributed by atoms with Crippen molar-refractivity contribution >= 4 is 22.5 Å². The number of alkyl halides is 3. The standard InChI is InChI=1S/C29H32ClF3N2O2/c30-23-10-11-25-24(18-23)28(36)27-20(7-2-1-3-12-34-13-4-5-14-34)15-21(17-26(27)35(25)37)19-8-6-9-22(16-19)29(31,32)33/h6,8-11,16,18,20-21,37H,1-5,7,12-15,17H2. The van der Waals surface area contributed by atoms with Crippen molar-refractivity contribution < 1.29 is 18.4 Å². The molecule has 0 spiro atoms. The molecule has 2 aliphatic rings. The molecule has 37 heavy (non-hydrogen) atoms. The Kier molecular flexibility index (Phi) is 7.55. The first kappa shape index (κ1) is 26.1. The molecule has 1 aliphatic carbocycles. The zero-order chi connectivity index (χ0) is 26.2. The monoisotopic (exact) mass is 532 g/mol. The molecule has 1 fully saturated rings. The van der Waals surface area contributed by atoms with Crippen molar-refractivity contribution in [2.75, 3.05) is 19.6 Å². The van der Waals surface area contributed by atoms with E-state index in [2.05, 4.69) is 4.90 Å². The molecule has 2 unspecified atom stereocenters. The van der Waals surface area contributed by atoms with Crippen molar-refractivity contribution in [2.45, 2.75) is 69.4 Å². The van der Waals surface area contributed by atoms with Crippen LogP contribution in [0.5, 0.6) is 0 Å². The molecule has 2 aromatic carbocycles. The van der Waals surface area contributed by atoms with Gasteiger partial charge in [-0.25, -0.2) is 0 Å². The molecule has 3 aromatic rings. The van der Waals surface area contributed by atoms with Gasteiger partial charge < -0.3 is 10.1 Å². The van der Waals surface area contributed by atoms with E-state index in [1.165, 1.54) is 38.1 Å². The van der Waals surface area contributed by atoms with Crippen molar-refractivity contribution in [1.82, 2.24) is 9.63 Å². The molecular weight excluding hydrogens is 501 g/mol. The highest BCUT2D eigenvalue weighted by atomic mass is 35.5. The maximum atomic E-state index is 13.6. The van der Waals surface area contributed by atoms with E-state index >= 15 is 0 Å². The van der Waals surface area contributed by atoms with Gasteiger partial charge in [-0.05, 0) is 99.8 Å². The number of hydrogen-bond acceptors (Lipinski definition) is 3. The molecule has 1 N–H and O–H groups in total. The second-order valence-corrected chi connectivity index (χ2v) is 11.0. The molecular formula is C29H32ClF3N2O2. The molecule has 4 nitrogen and oxygen atoms in total. The predicted octanol–water partition coefficient (Wildman–Crippen LogP) is 7.38. The zero-order valence-electron chi connectivity index (χ0n) is 20.7. The van der Waals surface area contributed by atoms with Crippen LogP contribution < -0.4 is 5.43 Å². The van der Waals surface area contributed by atoms with Crippen LogP contribution >= 0.6 is 11.6 Å². The quantitative estimate of drug-likeness (QED) is 0.255. The van der Waals surface area contributed by atoms with E-state index in [0.717, 1.165) is 43.0 Å². The second kappa shape index (κ2) is 10.7. The van der Waals surface area contributed by atoms with E-state index < -0.39 is 11.7 Å². The summed E-state index contributed by atoms with van der Waals surface area (Å²) in [5, 5.41) is 11.9. The van der Waals surface area contributed by atoms with Gasteiger partial charge in [0.2, 0.25) is 0 Å². The number of nitrogens with zero attached hydrogens (tertiary/aromatic N) is 2. The fourth-order valence-corrected chi connectivity index (χ4v) is 6.37. The molecule has 0 bridgehead atoms. The molecule has 8 heteroatoms. The zero-order valence-corrected chi connectivity index (χ0v) is 21.5. The van der Waals surface area contributed by atoms with Gasteiger partial charge in [-0.15, -0.1) is 0 Å². The van der Waals surface area contributed by atoms with Crippen molar-refractivity contribution in [1.29, 1.82) is 0 Å². The number of aromatic nitrogens is 1. The van der Waals surface area contributed by atoms with Gasteiger partial charge in [-0.3, -0.25) is 4.79 Å². The smallest absolute Gasteiger partial charge is 0.416 e. The Balaban J connectivity index is 1.45. The Morgan fingerprint density at radius 3 is 2.57 bits per heavy atom. The normalized spacial score (nSPS) is 20.4. The van der Waals surface area contributed by atoms with Crippen LogP contribution in [0.3, 0.4) is 0 Å². The van der Waals surface area contributed by atoms with Crippen LogP contribution in [0.4, 0.5) is 13.2 Å². The van der Waals surface area contributed by atoms with E-state index in [1.807, 2.05) is 0 Å². The molecule has 5 rings (SSSR count). The van der Waals surface area contributed by atoms with Gasteiger partial charge in [0.1, 0.15) is 0 Å². The third kappa shape index (κ3) is 5.53. The Morgan fingerprint density at radius 2 is 1.81 bits per heavy atom. The second-order valence-electron chi connectivity index (χ2n) is 10.5. The average Bonchev–Trinajstić information content (AvgIpc) is 3.40. The fourth-order valence-electron chi connectivity index (χ4n) is 6.20. The van der Waals surface area contributed by atoms with Crippen LogP contribution in [0.2, 0.25) is 5.02 Å². The van der Waals surface area contributed by atoms with Gasteiger partial charge >= 0.3 is 6.18 Å². The molecule has 1 aromatic heterocycles. The summed E-state index contributed by atoms with van der Waals surface area (Å²) in [5.41, 5.74) is 1.21. The van der Waals surface area contributed by atoms with Crippen molar-refractivity contribution in [2.24, 2.45) is 0 Å². The van der Waals surface area contributed by atoms with Gasteiger partial charge in [0.25, 0.3) is 0 Å². The van der Waals surface area contributed by atoms with Crippen LogP contribution in [-0.4, -0.2) is 34.5 Å². The third-order valence-electron chi connectivity index (χ3n) is 8.07. The van der Waals surface area contributed by atoms with Crippen LogP contribution in [-0.2, 0) is 12.6 Å². The Bertz CT molecular complexity index is 1330. The highest BCUT2D eigenvalue weighted by Gasteiger charge is 2.35. The number of benzene rings is 2. The summed E-state index contributed by atoms with van der Waals surface area (Å²) in [6, 6.07) is 10.3. The maximum Gasteiger partial charge on any atom is 0.416 e. The number of rotatable bonds is 7. The summed E-state index contributed by atoms with van der Waals surface area (Å²) < 4.78 is 41.3. The third-order valence-corrected chi connectivity index (χ3v) is 8.31. The van der Waals surface area contributed by atoms with E-state index in [1.54, 1.807) is 24.3 Å². The molecule has 2 atom stereocenters. The van der Waals surface area contributed by atoms with E-state index in [4.69, 9.17) is 11.6 Å². The van der Waals surface area contributed by atoms with Crippen molar-refractivity contribution in [3.63, 3.8) is 0 Å². The minimum absolute atomic E-state index is 0.137. The summed E-state index contributed by atoms with van der Waals surface area (Å²) in [7, 11) is 0. The molecule has 2 heterocycles. The first-order valence-electron chi connectivity index (χ1n) is 13.2. The maximum absolute atomic E-state index is 13.6. The Hall–Kier alpha value is -2.51. The Labute approximate surface area is 219 Å². The lowest BCUT2D eigenvalue weighted by Crippen LogP contribution is -2.29. The molecule has 0 amide bonds. The lowest BCUT2D eigenvalue weighted by Gasteiger charge is -2.33. The number of unbranched alkanes of at least 4 members (excludes halogenated alkanes) is 2. The van der Waals surface area contributed by atoms with Gasteiger partial charge in [0.15, 0.2) is 5.43 Å². The van der Waals surface area contributed by atoms with Gasteiger partial charge in [-0.1, -0.05) is 42.6 Å². The van der Waals surface area contributed by atoms with E-state index in [0.29, 0.717) is 45.6 Å². The molecule has 198 valence electrons.